The van der Waals surface area contributed by atoms with E-state index in [1.165, 1.54) is 6.07 Å². The smallest absolute Gasteiger partial charge is 0.191 e. The van der Waals surface area contributed by atoms with Gasteiger partial charge in [0.05, 0.1) is 5.56 Å². The van der Waals surface area contributed by atoms with Crippen LogP contribution in [0, 0.1) is 0 Å². The average molecular weight is 334 g/mol. The third-order valence-corrected chi connectivity index (χ3v) is 4.22. The molecule has 24 heavy (non-hydrogen) atoms. The van der Waals surface area contributed by atoms with Crippen molar-refractivity contribution in [1.29, 1.82) is 0 Å². The van der Waals surface area contributed by atoms with Gasteiger partial charge in [-0.1, -0.05) is 12.1 Å². The number of phenols is 1. The molecule has 0 bridgehead atoms. The second kappa shape index (κ2) is 6.37. The second-order valence-electron chi connectivity index (χ2n) is 5.89. The van der Waals surface area contributed by atoms with E-state index in [4.69, 9.17) is 4.42 Å². The van der Waals surface area contributed by atoms with Crippen molar-refractivity contribution >= 4 is 0 Å². The van der Waals surface area contributed by atoms with E-state index in [0.29, 0.717) is 18.6 Å². The highest BCUT2D eigenvalue weighted by atomic mass is 16.4. The Morgan fingerprint density at radius 2 is 1.54 bits per heavy atom. The molecule has 0 unspecified atom stereocenters. The second-order valence-corrected chi connectivity index (χ2v) is 5.89. The van der Waals surface area contributed by atoms with Crippen molar-refractivity contribution in [2.24, 2.45) is 0 Å². The zero-order chi connectivity index (χ0) is 17.4. The molecule has 2 aromatic rings. The molecule has 1 aromatic heterocycles. The van der Waals surface area contributed by atoms with E-state index in [2.05, 4.69) is 0 Å². The van der Waals surface area contributed by atoms with Gasteiger partial charge in [-0.15, -0.1) is 0 Å². The number of benzene rings is 1. The van der Waals surface area contributed by atoms with Crippen LogP contribution in [0.15, 0.2) is 39.5 Å². The Hall–Kier alpha value is -2.19. The number of rotatable bonds is 3. The van der Waals surface area contributed by atoms with Crippen LogP contribution in [-0.4, -0.2) is 37.7 Å². The normalized spacial score (nSPS) is 26.2. The van der Waals surface area contributed by atoms with E-state index in [1.807, 2.05) is 0 Å². The van der Waals surface area contributed by atoms with E-state index >= 15 is 0 Å². The SMILES string of the molecule is O=c1cc(CCc2ccc(O)cc2)oc2c1[C@H](O)[C@@H](O)[C@@H](O)[C@@H]2O. The summed E-state index contributed by atoms with van der Waals surface area (Å²) in [4.78, 5) is 12.2. The third-order valence-electron chi connectivity index (χ3n) is 4.22. The minimum Gasteiger partial charge on any atom is -0.508 e. The molecule has 1 aliphatic carbocycles. The van der Waals surface area contributed by atoms with Crippen LogP contribution in [0.25, 0.3) is 0 Å². The maximum absolute atomic E-state index is 12.2. The summed E-state index contributed by atoms with van der Waals surface area (Å²) in [6.45, 7) is 0. The predicted molar refractivity (Wildman–Crippen MR) is 82.4 cm³/mol. The number of aliphatic hydroxyl groups is 4. The van der Waals surface area contributed by atoms with Gasteiger partial charge in [-0.2, -0.15) is 0 Å². The number of aryl methyl sites for hydroxylation is 2. The molecule has 5 N–H and O–H groups in total. The van der Waals surface area contributed by atoms with Gasteiger partial charge in [-0.05, 0) is 24.1 Å². The van der Waals surface area contributed by atoms with Crippen molar-refractivity contribution in [2.45, 2.75) is 37.3 Å². The van der Waals surface area contributed by atoms with E-state index in [-0.39, 0.29) is 17.1 Å². The first-order chi connectivity index (χ1) is 11.4. The van der Waals surface area contributed by atoms with Crippen LogP contribution in [0.5, 0.6) is 5.75 Å². The maximum Gasteiger partial charge on any atom is 0.191 e. The van der Waals surface area contributed by atoms with E-state index in [9.17, 15) is 30.3 Å². The standard InChI is InChI=1S/C17H18O7/c18-9-4-1-8(2-5-9)3-6-10-7-11(19)12-13(20)14(21)15(22)16(23)17(12)24-10/h1-2,4-5,7,13-16,18,20-23H,3,6H2/t13-,14+,15+,16-/m0/s1. The number of aromatic hydroxyl groups is 1. The Bertz CT molecular complexity index is 781. The van der Waals surface area contributed by atoms with Gasteiger partial charge >= 0.3 is 0 Å². The summed E-state index contributed by atoms with van der Waals surface area (Å²) in [6, 6.07) is 7.79. The van der Waals surface area contributed by atoms with Crippen LogP contribution in [-0.2, 0) is 12.8 Å². The molecule has 0 spiro atoms. The Kier molecular flexibility index (Phi) is 4.42. The highest BCUT2D eigenvalue weighted by Gasteiger charge is 2.43. The van der Waals surface area contributed by atoms with Crippen LogP contribution in [0.2, 0.25) is 0 Å². The van der Waals surface area contributed by atoms with E-state index in [1.54, 1.807) is 24.3 Å². The predicted octanol–water partition coefficient (Wildman–Crippen LogP) is -0.0672. The van der Waals surface area contributed by atoms with Gasteiger partial charge in [0.15, 0.2) is 5.43 Å². The van der Waals surface area contributed by atoms with Crippen LogP contribution in [0.3, 0.4) is 0 Å². The van der Waals surface area contributed by atoms with Gasteiger partial charge in [0.1, 0.15) is 41.7 Å². The summed E-state index contributed by atoms with van der Waals surface area (Å²) < 4.78 is 5.50. The molecular weight excluding hydrogens is 316 g/mol. The van der Waals surface area contributed by atoms with E-state index in [0.717, 1.165) is 5.56 Å². The summed E-state index contributed by atoms with van der Waals surface area (Å²) in [5, 5.41) is 48.6. The summed E-state index contributed by atoms with van der Waals surface area (Å²) in [5.41, 5.74) is 0.132. The Balaban J connectivity index is 1.88. The Morgan fingerprint density at radius 3 is 2.21 bits per heavy atom. The van der Waals surface area contributed by atoms with Gasteiger partial charge < -0.3 is 29.9 Å². The number of aliphatic hydroxyl groups excluding tert-OH is 4. The molecule has 1 aromatic carbocycles. The fourth-order valence-electron chi connectivity index (χ4n) is 2.84. The van der Waals surface area contributed by atoms with Crippen molar-refractivity contribution in [3.8, 4) is 5.75 Å². The largest absolute Gasteiger partial charge is 0.508 e. The lowest BCUT2D eigenvalue weighted by Gasteiger charge is -2.32. The summed E-state index contributed by atoms with van der Waals surface area (Å²) in [6.07, 6.45) is -5.59. The quantitative estimate of drug-likeness (QED) is 0.531. The highest BCUT2D eigenvalue weighted by Crippen LogP contribution is 2.35. The molecule has 128 valence electrons. The summed E-state index contributed by atoms with van der Waals surface area (Å²) in [5.74, 6) is 0.235. The van der Waals surface area contributed by atoms with Crippen LogP contribution >= 0.6 is 0 Å². The zero-order valence-electron chi connectivity index (χ0n) is 12.7. The number of hydrogen-bond acceptors (Lipinski definition) is 7. The first-order valence-electron chi connectivity index (χ1n) is 7.55. The van der Waals surface area contributed by atoms with Crippen molar-refractivity contribution < 1.29 is 29.9 Å². The monoisotopic (exact) mass is 334 g/mol. The maximum atomic E-state index is 12.2. The lowest BCUT2D eigenvalue weighted by atomic mass is 9.87. The molecule has 0 saturated carbocycles. The molecule has 7 heteroatoms. The Morgan fingerprint density at radius 1 is 0.917 bits per heavy atom. The molecule has 0 fully saturated rings. The van der Waals surface area contributed by atoms with Gasteiger partial charge in [0, 0.05) is 12.5 Å². The van der Waals surface area contributed by atoms with Gasteiger partial charge in [0.2, 0.25) is 0 Å². The van der Waals surface area contributed by atoms with Crippen LogP contribution < -0.4 is 5.43 Å². The topological polar surface area (TPSA) is 131 Å². The number of hydrogen-bond donors (Lipinski definition) is 5. The molecule has 4 atom stereocenters. The fraction of sp³-hybridized carbons (Fsp3) is 0.353. The molecule has 0 amide bonds. The van der Waals surface area contributed by atoms with Crippen molar-refractivity contribution in [3.63, 3.8) is 0 Å². The molecule has 0 saturated heterocycles. The summed E-state index contributed by atoms with van der Waals surface area (Å²) >= 11 is 0. The average Bonchev–Trinajstić information content (AvgIpc) is 2.57. The zero-order valence-corrected chi connectivity index (χ0v) is 12.7. The van der Waals surface area contributed by atoms with Gasteiger partial charge in [0.25, 0.3) is 0 Å². The third kappa shape index (κ3) is 2.94. The summed E-state index contributed by atoms with van der Waals surface area (Å²) in [7, 11) is 0. The van der Waals surface area contributed by atoms with Crippen molar-refractivity contribution in [3.05, 3.63) is 63.2 Å². The lowest BCUT2D eigenvalue weighted by molar-refractivity contribution is -0.128. The highest BCUT2D eigenvalue weighted by molar-refractivity contribution is 5.30. The molecule has 0 aliphatic heterocycles. The first kappa shape index (κ1) is 16.7. The minimum atomic E-state index is -1.65. The van der Waals surface area contributed by atoms with E-state index < -0.39 is 29.8 Å². The molecule has 3 rings (SSSR count). The Labute approximate surface area is 137 Å². The first-order valence-corrected chi connectivity index (χ1v) is 7.55. The van der Waals surface area contributed by atoms with Crippen molar-refractivity contribution in [2.75, 3.05) is 0 Å². The van der Waals surface area contributed by atoms with Crippen molar-refractivity contribution in [1.82, 2.24) is 0 Å². The van der Waals surface area contributed by atoms with Gasteiger partial charge in [-0.25, -0.2) is 0 Å². The minimum absolute atomic E-state index is 0.156. The lowest BCUT2D eigenvalue weighted by Crippen LogP contribution is -2.44. The molecule has 7 nitrogen and oxygen atoms in total. The van der Waals surface area contributed by atoms with Crippen LogP contribution in [0.4, 0.5) is 0 Å². The molecule has 1 aliphatic rings. The number of fused-ring (bicyclic) bond motifs is 1. The van der Waals surface area contributed by atoms with Crippen LogP contribution in [0.1, 0.15) is 34.9 Å². The molecule has 0 radical (unpaired) electrons. The molecular formula is C17H18O7. The molecule has 1 heterocycles. The number of phenolic OH excluding ortho intramolecular Hbond substituents is 1. The van der Waals surface area contributed by atoms with Gasteiger partial charge in [-0.3, -0.25) is 4.79 Å². The fourth-order valence-corrected chi connectivity index (χ4v) is 2.84.